The van der Waals surface area contributed by atoms with Crippen molar-refractivity contribution in [3.05, 3.63) is 35.9 Å². The molecular weight excluding hydrogens is 202 g/mol. The molecule has 1 aromatic rings. The number of rotatable bonds is 7. The van der Waals surface area contributed by atoms with E-state index in [1.165, 1.54) is 5.56 Å². The van der Waals surface area contributed by atoms with Crippen molar-refractivity contribution in [2.75, 3.05) is 26.9 Å². The highest BCUT2D eigenvalue weighted by atomic mass is 16.5. The first-order valence-corrected chi connectivity index (χ1v) is 5.67. The fraction of sp³-hybridized carbons (Fsp3) is 0.538. The Balaban J connectivity index is 2.52. The van der Waals surface area contributed by atoms with E-state index in [1.54, 1.807) is 7.11 Å². The van der Waals surface area contributed by atoms with Crippen molar-refractivity contribution in [2.24, 2.45) is 0 Å². The van der Waals surface area contributed by atoms with Crippen LogP contribution in [0.3, 0.4) is 0 Å². The van der Waals surface area contributed by atoms with Crippen LogP contribution < -0.4 is 5.32 Å². The highest BCUT2D eigenvalue weighted by Gasteiger charge is 2.16. The number of hydrogen-bond donors (Lipinski definition) is 2. The highest BCUT2D eigenvalue weighted by Crippen LogP contribution is 2.18. The first-order valence-electron chi connectivity index (χ1n) is 5.67. The molecule has 2 unspecified atom stereocenters. The summed E-state index contributed by atoms with van der Waals surface area (Å²) in [6, 6.07) is 10.3. The molecule has 90 valence electrons. The van der Waals surface area contributed by atoms with E-state index < -0.39 is 0 Å². The van der Waals surface area contributed by atoms with Crippen molar-refractivity contribution in [1.29, 1.82) is 0 Å². The van der Waals surface area contributed by atoms with Gasteiger partial charge in [-0.1, -0.05) is 37.3 Å². The smallest absolute Gasteiger partial charge is 0.0590 e. The largest absolute Gasteiger partial charge is 0.395 e. The molecule has 2 N–H and O–H groups in total. The van der Waals surface area contributed by atoms with Crippen molar-refractivity contribution in [3.8, 4) is 0 Å². The Bertz CT molecular complexity index is 277. The van der Waals surface area contributed by atoms with E-state index in [0.717, 1.165) is 6.54 Å². The Kier molecular flexibility index (Phi) is 6.08. The Hall–Kier alpha value is -0.900. The molecule has 0 radical (unpaired) electrons. The molecule has 0 fully saturated rings. The lowest BCUT2D eigenvalue weighted by molar-refractivity contribution is 0.178. The van der Waals surface area contributed by atoms with Gasteiger partial charge in [0.25, 0.3) is 0 Å². The van der Waals surface area contributed by atoms with Gasteiger partial charge in [-0.3, -0.25) is 0 Å². The van der Waals surface area contributed by atoms with Crippen molar-refractivity contribution in [3.63, 3.8) is 0 Å². The van der Waals surface area contributed by atoms with Crippen molar-refractivity contribution in [1.82, 2.24) is 5.32 Å². The maximum atomic E-state index is 9.35. The summed E-state index contributed by atoms with van der Waals surface area (Å²) in [5.41, 5.74) is 1.24. The summed E-state index contributed by atoms with van der Waals surface area (Å²) < 4.78 is 4.98. The molecular formula is C13H21NO2. The van der Waals surface area contributed by atoms with Crippen LogP contribution in [0.1, 0.15) is 18.4 Å². The van der Waals surface area contributed by atoms with Gasteiger partial charge in [-0.05, 0) is 11.5 Å². The quantitative estimate of drug-likeness (QED) is 0.686. The van der Waals surface area contributed by atoms with Crippen LogP contribution in [0, 0.1) is 0 Å². The maximum absolute atomic E-state index is 9.35. The zero-order chi connectivity index (χ0) is 11.8. The Morgan fingerprint density at radius 1 is 1.31 bits per heavy atom. The van der Waals surface area contributed by atoms with Gasteiger partial charge in [0.1, 0.15) is 0 Å². The second-order valence-electron chi connectivity index (χ2n) is 3.94. The standard InChI is InChI=1S/C13H21NO2/c1-11(12-6-4-3-5-7-12)13(10-15)14-8-9-16-2/h3-7,11,13-15H,8-10H2,1-2H3. The molecule has 2 atom stereocenters. The molecule has 0 bridgehead atoms. The zero-order valence-electron chi connectivity index (χ0n) is 10.0. The Morgan fingerprint density at radius 2 is 2.00 bits per heavy atom. The summed E-state index contributed by atoms with van der Waals surface area (Å²) in [5.74, 6) is 0.294. The predicted molar refractivity (Wildman–Crippen MR) is 65.6 cm³/mol. The molecule has 0 amide bonds. The van der Waals surface area contributed by atoms with E-state index in [2.05, 4.69) is 24.4 Å². The van der Waals surface area contributed by atoms with E-state index in [-0.39, 0.29) is 12.6 Å². The molecule has 0 aliphatic rings. The van der Waals surface area contributed by atoms with Gasteiger partial charge in [0.15, 0.2) is 0 Å². The molecule has 0 aromatic heterocycles. The minimum Gasteiger partial charge on any atom is -0.395 e. The third kappa shape index (κ3) is 3.93. The predicted octanol–water partition coefficient (Wildman–Crippen LogP) is 1.39. The van der Waals surface area contributed by atoms with E-state index in [1.807, 2.05) is 18.2 Å². The van der Waals surface area contributed by atoms with Crippen molar-refractivity contribution >= 4 is 0 Å². The third-order valence-electron chi connectivity index (χ3n) is 2.84. The Labute approximate surface area is 97.4 Å². The first kappa shape index (κ1) is 13.2. The van der Waals surface area contributed by atoms with Crippen LogP contribution in [-0.2, 0) is 4.74 Å². The number of methoxy groups -OCH3 is 1. The average Bonchev–Trinajstić information content (AvgIpc) is 2.35. The second kappa shape index (κ2) is 7.39. The van der Waals surface area contributed by atoms with Crippen molar-refractivity contribution in [2.45, 2.75) is 18.9 Å². The van der Waals surface area contributed by atoms with Gasteiger partial charge in [-0.15, -0.1) is 0 Å². The van der Waals surface area contributed by atoms with Gasteiger partial charge < -0.3 is 15.2 Å². The zero-order valence-corrected chi connectivity index (χ0v) is 10.0. The van der Waals surface area contributed by atoms with Crippen LogP contribution in [0.5, 0.6) is 0 Å². The second-order valence-corrected chi connectivity index (χ2v) is 3.94. The number of hydrogen-bond acceptors (Lipinski definition) is 3. The van der Waals surface area contributed by atoms with Gasteiger partial charge in [0.2, 0.25) is 0 Å². The maximum Gasteiger partial charge on any atom is 0.0590 e. The van der Waals surface area contributed by atoms with Crippen LogP contribution >= 0.6 is 0 Å². The third-order valence-corrected chi connectivity index (χ3v) is 2.84. The summed E-state index contributed by atoms with van der Waals surface area (Å²) in [7, 11) is 1.68. The van der Waals surface area contributed by atoms with E-state index in [0.29, 0.717) is 12.5 Å². The molecule has 0 aliphatic heterocycles. The Morgan fingerprint density at radius 3 is 2.56 bits per heavy atom. The summed E-state index contributed by atoms with van der Waals surface area (Å²) >= 11 is 0. The van der Waals surface area contributed by atoms with Crippen LogP contribution in [-0.4, -0.2) is 38.0 Å². The number of nitrogens with one attached hydrogen (secondary N) is 1. The minimum absolute atomic E-state index is 0.0811. The average molecular weight is 223 g/mol. The molecule has 3 nitrogen and oxygen atoms in total. The fourth-order valence-corrected chi connectivity index (χ4v) is 1.73. The van der Waals surface area contributed by atoms with Gasteiger partial charge in [-0.2, -0.15) is 0 Å². The molecule has 1 aromatic carbocycles. The number of aliphatic hydroxyl groups is 1. The van der Waals surface area contributed by atoms with Crippen LogP contribution in [0.25, 0.3) is 0 Å². The number of ether oxygens (including phenoxy) is 1. The molecule has 0 heterocycles. The molecule has 3 heteroatoms. The van der Waals surface area contributed by atoms with Gasteiger partial charge >= 0.3 is 0 Å². The molecule has 0 spiro atoms. The van der Waals surface area contributed by atoms with Crippen LogP contribution in [0.15, 0.2) is 30.3 Å². The highest BCUT2D eigenvalue weighted by molar-refractivity contribution is 5.20. The van der Waals surface area contributed by atoms with Gasteiger partial charge in [0.05, 0.1) is 13.2 Å². The van der Waals surface area contributed by atoms with Gasteiger partial charge in [-0.25, -0.2) is 0 Å². The van der Waals surface area contributed by atoms with Crippen LogP contribution in [0.2, 0.25) is 0 Å². The normalized spacial score (nSPS) is 14.7. The molecule has 0 aliphatic carbocycles. The summed E-state index contributed by atoms with van der Waals surface area (Å²) in [4.78, 5) is 0. The van der Waals surface area contributed by atoms with Gasteiger partial charge in [0, 0.05) is 19.7 Å². The molecule has 16 heavy (non-hydrogen) atoms. The summed E-state index contributed by atoms with van der Waals surface area (Å²) in [6.45, 7) is 3.69. The number of aliphatic hydroxyl groups excluding tert-OH is 1. The van der Waals surface area contributed by atoms with Crippen molar-refractivity contribution < 1.29 is 9.84 Å². The fourth-order valence-electron chi connectivity index (χ4n) is 1.73. The lowest BCUT2D eigenvalue weighted by Gasteiger charge is -2.23. The molecule has 0 saturated heterocycles. The summed E-state index contributed by atoms with van der Waals surface area (Å²) in [5, 5.41) is 12.6. The first-order chi connectivity index (χ1) is 7.79. The number of benzene rings is 1. The lowest BCUT2D eigenvalue weighted by Crippen LogP contribution is -2.38. The summed E-state index contributed by atoms with van der Waals surface area (Å²) in [6.07, 6.45) is 0. The van der Waals surface area contributed by atoms with E-state index in [4.69, 9.17) is 4.74 Å². The van der Waals surface area contributed by atoms with E-state index in [9.17, 15) is 5.11 Å². The van der Waals surface area contributed by atoms with E-state index >= 15 is 0 Å². The monoisotopic (exact) mass is 223 g/mol. The van der Waals surface area contributed by atoms with Crippen LogP contribution in [0.4, 0.5) is 0 Å². The lowest BCUT2D eigenvalue weighted by atomic mass is 9.94. The molecule has 0 saturated carbocycles. The molecule has 1 rings (SSSR count). The topological polar surface area (TPSA) is 41.5 Å². The SMILES string of the molecule is COCCNC(CO)C(C)c1ccccc1. The minimum atomic E-state index is 0.0811.